The van der Waals surface area contributed by atoms with E-state index in [9.17, 15) is 24.3 Å². The number of imidazole rings is 1. The molecule has 13 nitrogen and oxygen atoms in total. The Morgan fingerprint density at radius 1 is 1.12 bits per heavy atom. The summed E-state index contributed by atoms with van der Waals surface area (Å²) < 4.78 is 11.8. The zero-order valence-corrected chi connectivity index (χ0v) is 23.6. The van der Waals surface area contributed by atoms with E-state index in [2.05, 4.69) is 26.2 Å². The molecule has 0 aliphatic rings. The van der Waals surface area contributed by atoms with E-state index in [1.165, 1.54) is 4.57 Å². The number of terminal acetylenes is 1. The number of amides is 1. The van der Waals surface area contributed by atoms with Gasteiger partial charge in [0.2, 0.25) is 5.91 Å². The average molecular weight is 581 g/mol. The van der Waals surface area contributed by atoms with Gasteiger partial charge in [-0.25, -0.2) is 9.59 Å². The number of fused-ring (bicyclic) bond motifs is 1. The van der Waals surface area contributed by atoms with E-state index in [0.29, 0.717) is 43.5 Å². The Morgan fingerprint density at radius 3 is 2.55 bits per heavy atom. The van der Waals surface area contributed by atoms with Gasteiger partial charge in [-0.05, 0) is 36.8 Å². The number of ether oxygens (including phenoxy) is 2. The molecule has 5 N–H and O–H groups in total. The molecule has 3 aromatic rings. The summed E-state index contributed by atoms with van der Waals surface area (Å²) in [7, 11) is 1.54. The first-order valence-electron chi connectivity index (χ1n) is 13.6. The molecule has 0 spiro atoms. The zero-order valence-electron chi connectivity index (χ0n) is 23.6. The van der Waals surface area contributed by atoms with E-state index in [0.717, 1.165) is 11.1 Å². The minimum Gasteiger partial charge on any atom is -0.480 e. The molecule has 1 aromatic carbocycles. The minimum absolute atomic E-state index is 0.0268. The number of nitrogens with one attached hydrogen (secondary N) is 2. The van der Waals surface area contributed by atoms with Crippen LogP contribution in [0.4, 0.5) is 5.82 Å². The number of nitrogen functional groups attached to an aromatic ring is 1. The first-order valence-corrected chi connectivity index (χ1v) is 13.6. The third-order valence-corrected chi connectivity index (χ3v) is 6.53. The van der Waals surface area contributed by atoms with E-state index in [1.54, 1.807) is 7.11 Å². The lowest BCUT2D eigenvalue weighted by Crippen LogP contribution is -2.40. The minimum atomic E-state index is -1.11. The van der Waals surface area contributed by atoms with E-state index in [4.69, 9.17) is 21.6 Å². The Hall–Kier alpha value is -4.70. The quantitative estimate of drug-likeness (QED) is 0.127. The molecule has 2 aromatic heterocycles. The summed E-state index contributed by atoms with van der Waals surface area (Å²) in [6.07, 6.45) is 7.99. The number of carboxylic acid groups (broad SMARTS) is 1. The van der Waals surface area contributed by atoms with Gasteiger partial charge in [0.05, 0.1) is 13.2 Å². The van der Waals surface area contributed by atoms with Crippen molar-refractivity contribution in [3.63, 3.8) is 0 Å². The first-order chi connectivity index (χ1) is 20.2. The maximum absolute atomic E-state index is 12.6. The summed E-state index contributed by atoms with van der Waals surface area (Å²) in [5.74, 6) is 0.920. The number of rotatable bonds is 18. The highest BCUT2D eigenvalue weighted by atomic mass is 16.5. The summed E-state index contributed by atoms with van der Waals surface area (Å²) in [6, 6.07) is 6.50. The van der Waals surface area contributed by atoms with Gasteiger partial charge < -0.3 is 30.6 Å². The van der Waals surface area contributed by atoms with Crippen molar-refractivity contribution in [1.29, 1.82) is 0 Å². The van der Waals surface area contributed by atoms with Crippen molar-refractivity contribution in [2.24, 2.45) is 0 Å². The highest BCUT2D eigenvalue weighted by Crippen LogP contribution is 2.19. The van der Waals surface area contributed by atoms with Crippen molar-refractivity contribution >= 4 is 34.6 Å². The van der Waals surface area contributed by atoms with Crippen molar-refractivity contribution in [3.8, 4) is 18.4 Å². The summed E-state index contributed by atoms with van der Waals surface area (Å²) in [5.41, 5.74) is 7.98. The van der Waals surface area contributed by atoms with Crippen LogP contribution in [-0.4, -0.2) is 68.7 Å². The third-order valence-electron chi connectivity index (χ3n) is 6.53. The predicted octanol–water partition coefficient (Wildman–Crippen LogP) is 1.82. The van der Waals surface area contributed by atoms with Gasteiger partial charge >= 0.3 is 17.7 Å². The highest BCUT2D eigenvalue weighted by molar-refractivity contribution is 5.87. The number of unbranched alkanes of at least 4 members (excludes halogenated alkanes) is 2. The normalized spacial score (nSPS) is 11.6. The number of carboxylic acids is 1. The topological polar surface area (TPSA) is 192 Å². The summed E-state index contributed by atoms with van der Waals surface area (Å²) in [5, 5.41) is 11.8. The molecule has 0 fully saturated rings. The lowest BCUT2D eigenvalue weighted by molar-refractivity contribution is -0.142. The number of carbonyl (C=O) groups excluding carboxylic acids is 2. The van der Waals surface area contributed by atoms with Gasteiger partial charge in [-0.1, -0.05) is 24.3 Å². The zero-order chi connectivity index (χ0) is 30.5. The molecule has 13 heteroatoms. The predicted molar refractivity (Wildman–Crippen MR) is 155 cm³/mol. The largest absolute Gasteiger partial charge is 0.480 e. The number of anilines is 1. The second kappa shape index (κ2) is 15.9. The summed E-state index contributed by atoms with van der Waals surface area (Å²) >= 11 is 0. The number of hydrogen-bond donors (Lipinski definition) is 4. The van der Waals surface area contributed by atoms with Gasteiger partial charge in [-0.2, -0.15) is 9.97 Å². The fourth-order valence-corrected chi connectivity index (χ4v) is 4.21. The number of H-pyrrole nitrogens is 1. The molecular weight excluding hydrogens is 544 g/mol. The molecule has 224 valence electrons. The lowest BCUT2D eigenvalue weighted by Gasteiger charge is -2.14. The summed E-state index contributed by atoms with van der Waals surface area (Å²) in [6.45, 7) is 0.797. The van der Waals surface area contributed by atoms with Crippen LogP contribution in [0.1, 0.15) is 56.1 Å². The lowest BCUT2D eigenvalue weighted by atomic mass is 10.0. The summed E-state index contributed by atoms with van der Waals surface area (Å²) in [4.78, 5) is 59.6. The van der Waals surface area contributed by atoms with Gasteiger partial charge in [0, 0.05) is 32.8 Å². The number of aryl methyl sites for hydroxylation is 1. The number of methoxy groups -OCH3 is 1. The smallest absolute Gasteiger partial charge is 0.328 e. The third kappa shape index (κ3) is 9.45. The van der Waals surface area contributed by atoms with Crippen molar-refractivity contribution in [3.05, 3.63) is 45.9 Å². The van der Waals surface area contributed by atoms with Crippen LogP contribution in [0.3, 0.4) is 0 Å². The molecule has 0 bridgehead atoms. The number of hydrogen-bond acceptors (Lipinski definition) is 9. The number of nitrogens with two attached hydrogens (primary N) is 1. The van der Waals surface area contributed by atoms with Crippen molar-refractivity contribution in [1.82, 2.24) is 24.8 Å². The Kier molecular flexibility index (Phi) is 12.1. The number of carbonyl (C=O) groups is 3. The monoisotopic (exact) mass is 580 g/mol. The van der Waals surface area contributed by atoms with Crippen LogP contribution in [0.25, 0.3) is 11.2 Å². The molecule has 42 heavy (non-hydrogen) atoms. The van der Waals surface area contributed by atoms with Gasteiger partial charge in [0.1, 0.15) is 23.9 Å². The van der Waals surface area contributed by atoms with Crippen molar-refractivity contribution in [2.75, 3.05) is 26.1 Å². The van der Waals surface area contributed by atoms with Gasteiger partial charge in [-0.15, -0.1) is 12.3 Å². The van der Waals surface area contributed by atoms with Gasteiger partial charge in [-0.3, -0.25) is 14.2 Å². The second-order valence-electron chi connectivity index (χ2n) is 9.71. The highest BCUT2D eigenvalue weighted by Gasteiger charge is 2.20. The molecule has 0 saturated carbocycles. The van der Waals surface area contributed by atoms with Gasteiger partial charge in [0.25, 0.3) is 0 Å². The Bertz CT molecular complexity index is 1470. The number of aromatic amines is 1. The number of ketones is 1. The van der Waals surface area contributed by atoms with Crippen LogP contribution < -0.4 is 21.5 Å². The number of Topliss-reactive ketones (excluding diaryl/α,β-unsaturated/α-hetero) is 1. The first kappa shape index (κ1) is 31.8. The molecule has 1 unspecified atom stereocenters. The standard InChI is InChI=1S/C29H36N6O7/c1-3-4-5-6-7-22(27(38)39)31-23(37)15-14-21(36)13-12-19-8-10-20(11-9-19)18-35-26-24(32-29(35)40)25(30)33-28(34-26)42-17-16-41-2/h1,8-11,22H,4-7,12-18H2,2H3,(H,31,37)(H,32,40)(H,38,39)(H2,30,33,34). The van der Waals surface area contributed by atoms with Crippen LogP contribution in [-0.2, 0) is 32.1 Å². The molecule has 0 radical (unpaired) electrons. The Balaban J connectivity index is 1.50. The molecule has 2 heterocycles. The second-order valence-corrected chi connectivity index (χ2v) is 9.71. The number of nitrogens with zero attached hydrogens (tertiary/aromatic N) is 3. The van der Waals surface area contributed by atoms with E-state index in [-0.39, 0.29) is 56.4 Å². The van der Waals surface area contributed by atoms with E-state index >= 15 is 0 Å². The van der Waals surface area contributed by atoms with Crippen molar-refractivity contribution < 1.29 is 29.0 Å². The SMILES string of the molecule is C#CCCCCC(NC(=O)CCC(=O)CCc1ccc(Cn2c(=O)[nH]c3c(N)nc(OCCOC)nc32)cc1)C(=O)O. The van der Waals surface area contributed by atoms with Gasteiger partial charge in [0.15, 0.2) is 11.5 Å². The average Bonchev–Trinajstić information content (AvgIpc) is 3.28. The van der Waals surface area contributed by atoms with Crippen molar-refractivity contribution in [2.45, 2.75) is 64.0 Å². The van der Waals surface area contributed by atoms with E-state index < -0.39 is 23.6 Å². The molecular formula is C29H36N6O7. The maximum Gasteiger partial charge on any atom is 0.328 e. The van der Waals surface area contributed by atoms with Crippen LogP contribution in [0, 0.1) is 12.3 Å². The molecule has 1 amide bonds. The fourth-order valence-electron chi connectivity index (χ4n) is 4.21. The fraction of sp³-hybridized carbons (Fsp3) is 0.448. The van der Waals surface area contributed by atoms with Crippen LogP contribution in [0.5, 0.6) is 6.01 Å². The number of aliphatic carboxylic acids is 1. The molecule has 3 rings (SSSR count). The Morgan fingerprint density at radius 2 is 1.86 bits per heavy atom. The van der Waals surface area contributed by atoms with Crippen LogP contribution in [0.15, 0.2) is 29.1 Å². The molecule has 0 saturated heterocycles. The van der Waals surface area contributed by atoms with E-state index in [1.807, 2.05) is 24.3 Å². The molecule has 1 atom stereocenters. The molecule has 0 aliphatic heterocycles. The maximum atomic E-state index is 12.6. The molecule has 0 aliphatic carbocycles. The number of aromatic nitrogens is 4. The number of benzene rings is 1. The Labute approximate surface area is 242 Å². The van der Waals surface area contributed by atoms with Crippen LogP contribution in [0.2, 0.25) is 0 Å². The van der Waals surface area contributed by atoms with Crippen LogP contribution >= 0.6 is 0 Å².